The highest BCUT2D eigenvalue weighted by molar-refractivity contribution is 6.02. The molecule has 3 N–H and O–H groups in total. The van der Waals surface area contributed by atoms with E-state index in [1.807, 2.05) is 0 Å². The molecule has 164 valence electrons. The average Bonchev–Trinajstić information content (AvgIpc) is 3.34. The molecule has 2 amide bonds. The number of halogens is 1. The molecule has 2 heterocycles. The van der Waals surface area contributed by atoms with Crippen molar-refractivity contribution in [2.24, 2.45) is 7.05 Å². The Morgan fingerprint density at radius 1 is 1.37 bits per heavy atom. The van der Waals surface area contributed by atoms with E-state index in [-0.39, 0.29) is 24.3 Å². The average molecular weight is 422 g/mol. The third-order valence-corrected chi connectivity index (χ3v) is 4.83. The van der Waals surface area contributed by atoms with Crippen LogP contribution in [0.4, 0.5) is 15.0 Å². The zero-order chi connectivity index (χ0) is 21.8. The van der Waals surface area contributed by atoms with Gasteiger partial charge < -0.3 is 20.1 Å². The molecule has 1 aliphatic rings. The van der Waals surface area contributed by atoms with Crippen LogP contribution in [0.3, 0.4) is 0 Å². The molecule has 0 unspecified atom stereocenters. The Hall–Kier alpha value is -2.95. The van der Waals surface area contributed by atoms with Crippen molar-refractivity contribution in [2.45, 2.75) is 57.5 Å². The minimum absolute atomic E-state index is 0.0865. The molecule has 1 aliphatic carbocycles. The molecule has 0 bridgehead atoms. The first kappa shape index (κ1) is 21.8. The number of aryl methyl sites for hydroxylation is 1. The zero-order valence-corrected chi connectivity index (χ0v) is 17.4. The van der Waals surface area contributed by atoms with Gasteiger partial charge in [-0.2, -0.15) is 10.2 Å². The molecule has 0 saturated heterocycles. The van der Waals surface area contributed by atoms with Crippen LogP contribution in [0, 0.1) is 0 Å². The maximum absolute atomic E-state index is 14.3. The number of alkyl halides is 1. The Kier molecular flexibility index (Phi) is 6.70. The van der Waals surface area contributed by atoms with Gasteiger partial charge in [0.2, 0.25) is 0 Å². The number of carbonyl (C=O) groups is 2. The fourth-order valence-corrected chi connectivity index (χ4v) is 3.48. The SMILES string of the molecule is COCc1cc(C(=O)Nc2cc([C@@H]3C[C@H](F)[C@H](OC(=O)NC(C)C)C3)[nH]n2)n(C)n1. The summed E-state index contributed by atoms with van der Waals surface area (Å²) in [5.41, 5.74) is 1.68. The van der Waals surface area contributed by atoms with Gasteiger partial charge in [-0.1, -0.05) is 0 Å². The van der Waals surface area contributed by atoms with Crippen molar-refractivity contribution in [3.05, 3.63) is 29.2 Å². The Morgan fingerprint density at radius 2 is 2.13 bits per heavy atom. The monoisotopic (exact) mass is 422 g/mol. The summed E-state index contributed by atoms with van der Waals surface area (Å²) in [6, 6.07) is 3.22. The number of carbonyl (C=O) groups excluding carboxylic acids is 2. The van der Waals surface area contributed by atoms with Crippen LogP contribution in [0.5, 0.6) is 0 Å². The number of methoxy groups -OCH3 is 1. The van der Waals surface area contributed by atoms with E-state index in [1.54, 1.807) is 40.1 Å². The minimum atomic E-state index is -1.26. The number of rotatable bonds is 7. The molecule has 10 nitrogen and oxygen atoms in total. The number of nitrogens with one attached hydrogen (secondary N) is 3. The van der Waals surface area contributed by atoms with Gasteiger partial charge >= 0.3 is 6.09 Å². The molecule has 11 heteroatoms. The predicted octanol–water partition coefficient (Wildman–Crippen LogP) is 2.26. The highest BCUT2D eigenvalue weighted by Gasteiger charge is 2.38. The quantitative estimate of drug-likeness (QED) is 0.629. The van der Waals surface area contributed by atoms with Gasteiger partial charge in [-0.25, -0.2) is 9.18 Å². The van der Waals surface area contributed by atoms with Gasteiger partial charge in [0.15, 0.2) is 5.82 Å². The Bertz CT molecular complexity index is 895. The van der Waals surface area contributed by atoms with Crippen molar-refractivity contribution in [3.63, 3.8) is 0 Å². The molecular formula is C19H27FN6O4. The van der Waals surface area contributed by atoms with E-state index in [2.05, 4.69) is 25.9 Å². The summed E-state index contributed by atoms with van der Waals surface area (Å²) in [6.07, 6.45) is -2.16. The van der Waals surface area contributed by atoms with Gasteiger partial charge in [0, 0.05) is 37.9 Å². The smallest absolute Gasteiger partial charge is 0.407 e. The van der Waals surface area contributed by atoms with E-state index in [0.29, 0.717) is 35.9 Å². The van der Waals surface area contributed by atoms with Crippen LogP contribution in [-0.2, 0) is 23.1 Å². The van der Waals surface area contributed by atoms with Crippen molar-refractivity contribution in [3.8, 4) is 0 Å². The number of H-pyrrole nitrogens is 1. The minimum Gasteiger partial charge on any atom is -0.443 e. The molecule has 1 fully saturated rings. The molecular weight excluding hydrogens is 395 g/mol. The number of aromatic amines is 1. The van der Waals surface area contributed by atoms with E-state index >= 15 is 0 Å². The summed E-state index contributed by atoms with van der Waals surface area (Å²) in [7, 11) is 3.22. The lowest BCUT2D eigenvalue weighted by Crippen LogP contribution is -2.35. The van der Waals surface area contributed by atoms with Crippen LogP contribution in [0.2, 0.25) is 0 Å². The van der Waals surface area contributed by atoms with Crippen LogP contribution in [0.25, 0.3) is 0 Å². The number of amides is 2. The molecule has 30 heavy (non-hydrogen) atoms. The summed E-state index contributed by atoms with van der Waals surface area (Å²) < 4.78 is 26.0. The van der Waals surface area contributed by atoms with Crippen LogP contribution in [0.1, 0.15) is 54.5 Å². The Labute approximate surface area is 173 Å². The van der Waals surface area contributed by atoms with Crippen LogP contribution in [-0.4, -0.2) is 57.4 Å². The lowest BCUT2D eigenvalue weighted by molar-refractivity contribution is 0.0593. The van der Waals surface area contributed by atoms with Gasteiger partial charge in [-0.15, -0.1) is 0 Å². The third-order valence-electron chi connectivity index (χ3n) is 4.83. The van der Waals surface area contributed by atoms with E-state index in [4.69, 9.17) is 9.47 Å². The summed E-state index contributed by atoms with van der Waals surface area (Å²) in [5.74, 6) is -0.242. The number of hydrogen-bond donors (Lipinski definition) is 3. The van der Waals surface area contributed by atoms with Crippen LogP contribution in [0.15, 0.2) is 12.1 Å². The maximum Gasteiger partial charge on any atom is 0.407 e. The fourth-order valence-electron chi connectivity index (χ4n) is 3.48. The number of ether oxygens (including phenoxy) is 2. The lowest BCUT2D eigenvalue weighted by Gasteiger charge is -2.16. The second kappa shape index (κ2) is 9.24. The molecule has 0 aromatic carbocycles. The molecule has 3 rings (SSSR count). The largest absolute Gasteiger partial charge is 0.443 e. The van der Waals surface area contributed by atoms with Gasteiger partial charge in [0.25, 0.3) is 5.91 Å². The Balaban J connectivity index is 1.60. The van der Waals surface area contributed by atoms with E-state index in [0.717, 1.165) is 0 Å². The van der Waals surface area contributed by atoms with E-state index < -0.39 is 18.4 Å². The zero-order valence-electron chi connectivity index (χ0n) is 17.4. The molecule has 2 aromatic rings. The van der Waals surface area contributed by atoms with Crippen molar-refractivity contribution in [1.29, 1.82) is 0 Å². The standard InChI is InChI=1S/C19H27FN6O4/c1-10(2)21-19(28)30-16-6-11(5-13(16)20)14-8-17(24-23-14)22-18(27)15-7-12(9-29-4)25-26(15)3/h7-8,10-11,13,16H,5-6,9H2,1-4H3,(H,21,28)(H2,22,23,24,27)/t11-,13+,16-/m1/s1. The van der Waals surface area contributed by atoms with Crippen LogP contribution >= 0.6 is 0 Å². The predicted molar refractivity (Wildman–Crippen MR) is 106 cm³/mol. The van der Waals surface area contributed by atoms with E-state index in [1.165, 1.54) is 4.68 Å². The third kappa shape index (κ3) is 5.15. The first-order chi connectivity index (χ1) is 14.3. The van der Waals surface area contributed by atoms with Crippen molar-refractivity contribution in [2.75, 3.05) is 12.4 Å². The first-order valence-electron chi connectivity index (χ1n) is 9.76. The number of aromatic nitrogens is 4. The molecule has 0 spiro atoms. The summed E-state index contributed by atoms with van der Waals surface area (Å²) in [5, 5.41) is 16.4. The normalized spacial score (nSPS) is 21.1. The van der Waals surface area contributed by atoms with Crippen LogP contribution < -0.4 is 10.6 Å². The molecule has 3 atom stereocenters. The second-order valence-corrected chi connectivity index (χ2v) is 7.67. The Morgan fingerprint density at radius 3 is 2.83 bits per heavy atom. The molecule has 0 aliphatic heterocycles. The highest BCUT2D eigenvalue weighted by Crippen LogP contribution is 2.37. The van der Waals surface area contributed by atoms with E-state index in [9.17, 15) is 14.0 Å². The number of hydrogen-bond acceptors (Lipinski definition) is 6. The van der Waals surface area contributed by atoms with Crippen molar-refractivity contribution >= 4 is 17.8 Å². The molecule has 0 radical (unpaired) electrons. The summed E-state index contributed by atoms with van der Waals surface area (Å²) in [6.45, 7) is 3.91. The maximum atomic E-state index is 14.3. The van der Waals surface area contributed by atoms with Gasteiger partial charge in [-0.3, -0.25) is 14.6 Å². The number of alkyl carbamates (subject to hydrolysis) is 1. The van der Waals surface area contributed by atoms with Gasteiger partial charge in [0.1, 0.15) is 18.0 Å². The highest BCUT2D eigenvalue weighted by atomic mass is 19.1. The van der Waals surface area contributed by atoms with Crippen molar-refractivity contribution < 1.29 is 23.5 Å². The fraction of sp³-hybridized carbons (Fsp3) is 0.579. The number of anilines is 1. The number of nitrogens with zero attached hydrogens (tertiary/aromatic N) is 3. The van der Waals surface area contributed by atoms with Gasteiger partial charge in [0.05, 0.1) is 12.3 Å². The lowest BCUT2D eigenvalue weighted by atomic mass is 10.0. The summed E-state index contributed by atoms with van der Waals surface area (Å²) in [4.78, 5) is 24.3. The summed E-state index contributed by atoms with van der Waals surface area (Å²) >= 11 is 0. The van der Waals surface area contributed by atoms with Crippen molar-refractivity contribution in [1.82, 2.24) is 25.3 Å². The topological polar surface area (TPSA) is 123 Å². The van der Waals surface area contributed by atoms with Gasteiger partial charge in [-0.05, 0) is 32.8 Å². The first-order valence-corrected chi connectivity index (χ1v) is 9.76. The molecule has 1 saturated carbocycles. The second-order valence-electron chi connectivity index (χ2n) is 7.67. The molecule has 2 aromatic heterocycles.